The summed E-state index contributed by atoms with van der Waals surface area (Å²) in [6.45, 7) is 3.55. The van der Waals surface area contributed by atoms with Crippen LogP contribution in [0.25, 0.3) is 0 Å². The van der Waals surface area contributed by atoms with E-state index in [2.05, 4.69) is 12.1 Å². The molecule has 2 aliphatic heterocycles. The van der Waals surface area contributed by atoms with E-state index in [-0.39, 0.29) is 17.5 Å². The van der Waals surface area contributed by atoms with E-state index in [0.717, 1.165) is 18.4 Å². The molecule has 0 radical (unpaired) electrons. The zero-order valence-electron chi connectivity index (χ0n) is 12.0. The third-order valence-electron chi connectivity index (χ3n) is 4.84. The number of carbonyl (C=O) groups is 1. The van der Waals surface area contributed by atoms with Gasteiger partial charge in [0.2, 0.25) is 5.91 Å². The number of nitrogens with two attached hydrogens (primary N) is 1. The zero-order valence-corrected chi connectivity index (χ0v) is 12.0. The highest BCUT2D eigenvalue weighted by molar-refractivity contribution is 5.86. The second kappa shape index (κ2) is 4.30. The minimum atomic E-state index is -0.906. The summed E-state index contributed by atoms with van der Waals surface area (Å²) in [7, 11) is 0. The normalized spacial score (nSPS) is 33.6. The first-order valence-electron chi connectivity index (χ1n) is 7.23. The molecular weight excluding hydrogens is 252 g/mol. The third-order valence-corrected chi connectivity index (χ3v) is 4.84. The molecule has 108 valence electrons. The van der Waals surface area contributed by atoms with Crippen LogP contribution in [0.1, 0.15) is 38.7 Å². The number of benzene rings is 1. The number of fused-ring (bicyclic) bond motifs is 1. The van der Waals surface area contributed by atoms with Crippen molar-refractivity contribution in [2.24, 2.45) is 5.73 Å². The van der Waals surface area contributed by atoms with Gasteiger partial charge in [-0.25, -0.2) is 0 Å². The van der Waals surface area contributed by atoms with Crippen LogP contribution in [-0.4, -0.2) is 33.6 Å². The van der Waals surface area contributed by atoms with E-state index in [9.17, 15) is 9.90 Å². The molecule has 3 atom stereocenters. The maximum Gasteiger partial charge on any atom is 0.240 e. The summed E-state index contributed by atoms with van der Waals surface area (Å²) < 4.78 is 0. The summed E-state index contributed by atoms with van der Waals surface area (Å²) >= 11 is 0. The number of amides is 1. The lowest BCUT2D eigenvalue weighted by Crippen LogP contribution is -2.52. The molecule has 1 aromatic rings. The van der Waals surface area contributed by atoms with Gasteiger partial charge in [0.15, 0.2) is 0 Å². The molecule has 2 aliphatic rings. The quantitative estimate of drug-likeness (QED) is 0.856. The SMILES string of the molecule is CC(C)(O)[C@H]1CC[C@]2(c3ccccc3)C[C@H](N)C(=O)N12. The molecule has 4 heteroatoms. The molecule has 20 heavy (non-hydrogen) atoms. The first-order valence-corrected chi connectivity index (χ1v) is 7.23. The lowest BCUT2D eigenvalue weighted by atomic mass is 9.85. The van der Waals surface area contributed by atoms with Gasteiger partial charge in [-0.15, -0.1) is 0 Å². The van der Waals surface area contributed by atoms with Crippen molar-refractivity contribution in [2.75, 3.05) is 0 Å². The number of hydrogen-bond acceptors (Lipinski definition) is 3. The molecule has 0 spiro atoms. The van der Waals surface area contributed by atoms with Crippen LogP contribution in [0, 0.1) is 0 Å². The summed E-state index contributed by atoms with van der Waals surface area (Å²) in [5, 5.41) is 10.4. The second-order valence-electron chi connectivity index (χ2n) is 6.62. The molecule has 0 saturated carbocycles. The van der Waals surface area contributed by atoms with E-state index in [4.69, 9.17) is 5.73 Å². The van der Waals surface area contributed by atoms with Gasteiger partial charge in [0.25, 0.3) is 0 Å². The largest absolute Gasteiger partial charge is 0.388 e. The lowest BCUT2D eigenvalue weighted by molar-refractivity contribution is -0.138. The van der Waals surface area contributed by atoms with Gasteiger partial charge in [0.05, 0.1) is 23.2 Å². The van der Waals surface area contributed by atoms with E-state index in [1.165, 1.54) is 0 Å². The van der Waals surface area contributed by atoms with Crippen LogP contribution in [0.3, 0.4) is 0 Å². The van der Waals surface area contributed by atoms with Gasteiger partial charge >= 0.3 is 0 Å². The summed E-state index contributed by atoms with van der Waals surface area (Å²) in [6, 6.07) is 9.46. The highest BCUT2D eigenvalue weighted by Gasteiger charge is 2.59. The number of rotatable bonds is 2. The Hall–Kier alpha value is -1.39. The van der Waals surface area contributed by atoms with Crippen molar-refractivity contribution in [1.29, 1.82) is 0 Å². The summed E-state index contributed by atoms with van der Waals surface area (Å²) in [5.74, 6) is -0.0292. The molecule has 1 aromatic carbocycles. The molecular formula is C16H22N2O2. The molecule has 0 bridgehead atoms. The predicted molar refractivity (Wildman–Crippen MR) is 76.9 cm³/mol. The number of carbonyl (C=O) groups excluding carboxylic acids is 1. The zero-order chi connectivity index (χ0) is 14.5. The van der Waals surface area contributed by atoms with Crippen molar-refractivity contribution in [3.63, 3.8) is 0 Å². The molecule has 0 unspecified atom stereocenters. The van der Waals surface area contributed by atoms with Crippen LogP contribution in [0.5, 0.6) is 0 Å². The molecule has 3 N–H and O–H groups in total. The lowest BCUT2D eigenvalue weighted by Gasteiger charge is -2.39. The first kappa shape index (κ1) is 13.6. The highest BCUT2D eigenvalue weighted by Crippen LogP contribution is 2.51. The molecule has 0 aliphatic carbocycles. The van der Waals surface area contributed by atoms with E-state index < -0.39 is 11.6 Å². The van der Waals surface area contributed by atoms with Crippen molar-refractivity contribution < 1.29 is 9.90 Å². The Morgan fingerprint density at radius 1 is 1.35 bits per heavy atom. The predicted octanol–water partition coefficient (Wildman–Crippen LogP) is 1.37. The van der Waals surface area contributed by atoms with Crippen LogP contribution in [0.15, 0.2) is 30.3 Å². The van der Waals surface area contributed by atoms with Crippen molar-refractivity contribution in [3.05, 3.63) is 35.9 Å². The van der Waals surface area contributed by atoms with Gasteiger partial charge in [-0.1, -0.05) is 30.3 Å². The summed E-state index contributed by atoms with van der Waals surface area (Å²) in [5.41, 5.74) is 5.92. The average Bonchev–Trinajstić information content (AvgIpc) is 2.89. The minimum Gasteiger partial charge on any atom is -0.388 e. The fraction of sp³-hybridized carbons (Fsp3) is 0.562. The molecule has 3 rings (SSSR count). The van der Waals surface area contributed by atoms with Crippen molar-refractivity contribution >= 4 is 5.91 Å². The fourth-order valence-electron chi connectivity index (χ4n) is 3.94. The molecule has 2 fully saturated rings. The molecule has 2 saturated heterocycles. The topological polar surface area (TPSA) is 66.6 Å². The van der Waals surface area contributed by atoms with Crippen LogP contribution >= 0.6 is 0 Å². The van der Waals surface area contributed by atoms with Gasteiger partial charge in [-0.05, 0) is 38.7 Å². The number of nitrogens with zero attached hydrogens (tertiary/aromatic N) is 1. The number of aliphatic hydroxyl groups is 1. The Morgan fingerprint density at radius 2 is 2.00 bits per heavy atom. The molecule has 1 amide bonds. The Balaban J connectivity index is 2.08. The Bertz CT molecular complexity index is 523. The van der Waals surface area contributed by atoms with Crippen LogP contribution in [0.4, 0.5) is 0 Å². The fourth-order valence-corrected chi connectivity index (χ4v) is 3.94. The van der Waals surface area contributed by atoms with Crippen LogP contribution in [-0.2, 0) is 10.3 Å². The van der Waals surface area contributed by atoms with Crippen molar-refractivity contribution in [1.82, 2.24) is 4.90 Å². The monoisotopic (exact) mass is 274 g/mol. The molecule has 2 heterocycles. The van der Waals surface area contributed by atoms with Crippen LogP contribution < -0.4 is 5.73 Å². The molecule has 0 aromatic heterocycles. The van der Waals surface area contributed by atoms with Crippen molar-refractivity contribution in [3.8, 4) is 0 Å². The number of hydrogen-bond donors (Lipinski definition) is 2. The van der Waals surface area contributed by atoms with Gasteiger partial charge in [0.1, 0.15) is 0 Å². The Kier molecular flexibility index (Phi) is 2.92. The Morgan fingerprint density at radius 3 is 2.60 bits per heavy atom. The van der Waals surface area contributed by atoms with E-state index >= 15 is 0 Å². The van der Waals surface area contributed by atoms with E-state index in [0.29, 0.717) is 6.42 Å². The van der Waals surface area contributed by atoms with E-state index in [1.807, 2.05) is 23.1 Å². The van der Waals surface area contributed by atoms with Gasteiger partial charge in [-0.3, -0.25) is 4.79 Å². The first-order chi connectivity index (χ1) is 9.36. The third kappa shape index (κ3) is 1.79. The van der Waals surface area contributed by atoms with E-state index in [1.54, 1.807) is 13.8 Å². The highest BCUT2D eigenvalue weighted by atomic mass is 16.3. The maximum absolute atomic E-state index is 12.5. The van der Waals surface area contributed by atoms with Crippen LogP contribution in [0.2, 0.25) is 0 Å². The summed E-state index contributed by atoms with van der Waals surface area (Å²) in [4.78, 5) is 14.4. The van der Waals surface area contributed by atoms with Gasteiger partial charge < -0.3 is 15.7 Å². The molecule has 4 nitrogen and oxygen atoms in total. The van der Waals surface area contributed by atoms with Gasteiger partial charge in [0, 0.05) is 0 Å². The Labute approximate surface area is 119 Å². The average molecular weight is 274 g/mol. The smallest absolute Gasteiger partial charge is 0.240 e. The maximum atomic E-state index is 12.5. The standard InChI is InChI=1S/C16H22N2O2/c1-15(2,20)13-8-9-16(11-6-4-3-5-7-11)10-12(17)14(19)18(13)16/h3-7,12-13,20H,8-10,17H2,1-2H3/t12-,13+,16+/m0/s1. The summed E-state index contributed by atoms with van der Waals surface area (Å²) in [6.07, 6.45) is 2.32. The van der Waals surface area contributed by atoms with Gasteiger partial charge in [-0.2, -0.15) is 0 Å². The second-order valence-corrected chi connectivity index (χ2v) is 6.62. The van der Waals surface area contributed by atoms with Crippen molar-refractivity contribution in [2.45, 2.75) is 56.3 Å². The minimum absolute atomic E-state index is 0.0292.